The van der Waals surface area contributed by atoms with Crippen molar-refractivity contribution in [2.24, 2.45) is 5.92 Å². The molecule has 0 amide bonds. The smallest absolute Gasteiger partial charge is 0.234 e. The van der Waals surface area contributed by atoms with Crippen molar-refractivity contribution in [1.82, 2.24) is 0 Å². The lowest BCUT2D eigenvalue weighted by atomic mass is 9.82. The highest BCUT2D eigenvalue weighted by Gasteiger charge is 2.40. The van der Waals surface area contributed by atoms with E-state index in [0.717, 1.165) is 21.9 Å². The summed E-state index contributed by atoms with van der Waals surface area (Å²) in [5.74, 6) is -0.234. The molecular weight excluding hydrogens is 264 g/mol. The minimum Gasteiger partial charge on any atom is -0.492 e. The van der Waals surface area contributed by atoms with Gasteiger partial charge in [0.25, 0.3) is 0 Å². The van der Waals surface area contributed by atoms with Gasteiger partial charge in [-0.3, -0.25) is 9.59 Å². The van der Waals surface area contributed by atoms with Crippen molar-refractivity contribution in [2.45, 2.75) is 13.8 Å². The van der Waals surface area contributed by atoms with Crippen LogP contribution in [0.25, 0.3) is 16.5 Å². The average Bonchev–Trinajstić information content (AvgIpc) is 2.86. The zero-order valence-corrected chi connectivity index (χ0v) is 11.9. The van der Waals surface area contributed by atoms with Gasteiger partial charge in [0.15, 0.2) is 0 Å². The first kappa shape index (κ1) is 12.3. The SMILES string of the molecule is Cc1cccc2c3c(ccc12)C(=O)C(=O)C1=C3OCC1C. The third-order valence-electron chi connectivity index (χ3n) is 4.42. The van der Waals surface area contributed by atoms with E-state index >= 15 is 0 Å². The highest BCUT2D eigenvalue weighted by Crippen LogP contribution is 2.42. The number of carbonyl (C=O) groups excluding carboxylic acids is 2. The molecule has 0 saturated carbocycles. The number of hydrogen-bond acceptors (Lipinski definition) is 3. The van der Waals surface area contributed by atoms with Crippen molar-refractivity contribution < 1.29 is 14.3 Å². The minimum absolute atomic E-state index is 0.0235. The standard InChI is InChI=1S/C18H14O3/c1-9-4-3-5-12-11(9)6-7-13-15(12)18-14(10(2)8-21-18)17(20)16(13)19/h3-7,10H,8H2,1-2H3. The van der Waals surface area contributed by atoms with Gasteiger partial charge in [-0.2, -0.15) is 0 Å². The lowest BCUT2D eigenvalue weighted by Crippen LogP contribution is -2.25. The minimum atomic E-state index is -0.412. The van der Waals surface area contributed by atoms with Gasteiger partial charge in [0.1, 0.15) is 5.76 Å². The van der Waals surface area contributed by atoms with E-state index in [-0.39, 0.29) is 5.92 Å². The van der Waals surface area contributed by atoms with E-state index < -0.39 is 11.6 Å². The van der Waals surface area contributed by atoms with E-state index in [4.69, 9.17) is 4.74 Å². The Kier molecular flexibility index (Phi) is 2.37. The zero-order valence-electron chi connectivity index (χ0n) is 11.9. The van der Waals surface area contributed by atoms with Crippen molar-refractivity contribution >= 4 is 28.1 Å². The van der Waals surface area contributed by atoms with Gasteiger partial charge < -0.3 is 4.74 Å². The lowest BCUT2D eigenvalue weighted by molar-refractivity contribution is -0.112. The Morgan fingerprint density at radius 2 is 1.86 bits per heavy atom. The van der Waals surface area contributed by atoms with Crippen molar-refractivity contribution in [1.29, 1.82) is 0 Å². The number of benzene rings is 2. The van der Waals surface area contributed by atoms with Gasteiger partial charge in [0.2, 0.25) is 11.6 Å². The lowest BCUT2D eigenvalue weighted by Gasteiger charge is -2.19. The molecule has 0 aromatic heterocycles. The molecule has 0 spiro atoms. The molecule has 1 aliphatic carbocycles. The maximum absolute atomic E-state index is 12.4. The highest BCUT2D eigenvalue weighted by molar-refractivity contribution is 6.53. The van der Waals surface area contributed by atoms with E-state index in [9.17, 15) is 9.59 Å². The first-order chi connectivity index (χ1) is 10.1. The molecule has 1 aliphatic heterocycles. The van der Waals surface area contributed by atoms with E-state index in [1.807, 2.05) is 38.1 Å². The van der Waals surface area contributed by atoms with Gasteiger partial charge in [-0.1, -0.05) is 31.2 Å². The van der Waals surface area contributed by atoms with E-state index in [1.54, 1.807) is 6.07 Å². The molecule has 1 atom stereocenters. The van der Waals surface area contributed by atoms with E-state index in [1.165, 1.54) is 0 Å². The highest BCUT2D eigenvalue weighted by atomic mass is 16.5. The second kappa shape index (κ2) is 4.04. The maximum atomic E-state index is 12.4. The monoisotopic (exact) mass is 278 g/mol. The summed E-state index contributed by atoms with van der Waals surface area (Å²) in [7, 11) is 0. The van der Waals surface area contributed by atoms with Gasteiger partial charge in [-0.25, -0.2) is 0 Å². The molecule has 0 bridgehead atoms. The molecule has 2 aliphatic rings. The fourth-order valence-electron chi connectivity index (χ4n) is 3.32. The summed E-state index contributed by atoms with van der Waals surface area (Å²) in [6.45, 7) is 4.43. The molecule has 104 valence electrons. The second-order valence-electron chi connectivity index (χ2n) is 5.77. The van der Waals surface area contributed by atoms with Crippen molar-refractivity contribution in [3.05, 3.63) is 52.6 Å². The Balaban J connectivity index is 2.16. The molecule has 3 nitrogen and oxygen atoms in total. The van der Waals surface area contributed by atoms with Crippen LogP contribution in [-0.4, -0.2) is 18.2 Å². The Morgan fingerprint density at radius 1 is 1.05 bits per heavy atom. The first-order valence-corrected chi connectivity index (χ1v) is 7.08. The van der Waals surface area contributed by atoms with Gasteiger partial charge in [0.05, 0.1) is 12.2 Å². The summed E-state index contributed by atoms with van der Waals surface area (Å²) in [5.41, 5.74) is 2.94. The van der Waals surface area contributed by atoms with Crippen molar-refractivity contribution in [3.63, 3.8) is 0 Å². The maximum Gasteiger partial charge on any atom is 0.234 e. The number of rotatable bonds is 0. The Bertz CT molecular complexity index is 858. The Morgan fingerprint density at radius 3 is 2.67 bits per heavy atom. The molecule has 2 aromatic rings. The number of aryl methyl sites for hydroxylation is 1. The molecule has 0 saturated heterocycles. The summed E-state index contributed by atoms with van der Waals surface area (Å²) < 4.78 is 5.77. The number of ketones is 2. The number of Topliss-reactive ketones (excluding diaryl/α,β-unsaturated/α-hetero) is 2. The summed E-state index contributed by atoms with van der Waals surface area (Å²) in [6.07, 6.45) is 0. The van der Waals surface area contributed by atoms with Gasteiger partial charge >= 0.3 is 0 Å². The first-order valence-electron chi connectivity index (χ1n) is 7.08. The fraction of sp³-hybridized carbons (Fsp3) is 0.222. The van der Waals surface area contributed by atoms with Gasteiger partial charge in [-0.05, 0) is 29.3 Å². The largest absolute Gasteiger partial charge is 0.492 e. The molecule has 21 heavy (non-hydrogen) atoms. The van der Waals surface area contributed by atoms with Crippen LogP contribution in [0.15, 0.2) is 35.9 Å². The van der Waals surface area contributed by atoms with Crippen LogP contribution in [-0.2, 0) is 9.53 Å². The molecule has 0 fully saturated rings. The zero-order chi connectivity index (χ0) is 14.7. The summed E-state index contributed by atoms with van der Waals surface area (Å²) in [4.78, 5) is 24.7. The molecule has 2 aromatic carbocycles. The molecular formula is C18H14O3. The quantitative estimate of drug-likeness (QED) is 0.694. The topological polar surface area (TPSA) is 43.4 Å². The van der Waals surface area contributed by atoms with Crippen LogP contribution >= 0.6 is 0 Å². The predicted octanol–water partition coefficient (Wildman–Crippen LogP) is 3.29. The van der Waals surface area contributed by atoms with Gasteiger partial charge in [-0.15, -0.1) is 0 Å². The molecule has 1 unspecified atom stereocenters. The third-order valence-corrected chi connectivity index (χ3v) is 4.42. The third kappa shape index (κ3) is 1.49. The van der Waals surface area contributed by atoms with Crippen LogP contribution in [0, 0.1) is 12.8 Å². The number of carbonyl (C=O) groups is 2. The normalized spacial score (nSPS) is 20.6. The Labute approximate surface area is 122 Å². The molecule has 0 N–H and O–H groups in total. The number of ether oxygens (including phenoxy) is 1. The van der Waals surface area contributed by atoms with E-state index in [0.29, 0.717) is 23.5 Å². The molecule has 4 rings (SSSR count). The van der Waals surface area contributed by atoms with Crippen LogP contribution in [0.3, 0.4) is 0 Å². The van der Waals surface area contributed by atoms with Crippen LogP contribution < -0.4 is 0 Å². The number of hydrogen-bond donors (Lipinski definition) is 0. The fourth-order valence-corrected chi connectivity index (χ4v) is 3.32. The van der Waals surface area contributed by atoms with Crippen LogP contribution in [0.5, 0.6) is 0 Å². The van der Waals surface area contributed by atoms with Crippen LogP contribution in [0.1, 0.15) is 28.4 Å². The number of fused-ring (bicyclic) bond motifs is 4. The molecule has 1 heterocycles. The van der Waals surface area contributed by atoms with E-state index in [2.05, 4.69) is 0 Å². The Hall–Kier alpha value is -2.42. The summed E-state index contributed by atoms with van der Waals surface area (Å²) in [6, 6.07) is 9.66. The van der Waals surface area contributed by atoms with Crippen LogP contribution in [0.2, 0.25) is 0 Å². The average molecular weight is 278 g/mol. The van der Waals surface area contributed by atoms with Crippen molar-refractivity contribution in [2.75, 3.05) is 6.61 Å². The molecule has 0 radical (unpaired) electrons. The molecule has 3 heteroatoms. The van der Waals surface area contributed by atoms with Crippen LogP contribution in [0.4, 0.5) is 0 Å². The summed E-state index contributed by atoms with van der Waals surface area (Å²) in [5, 5.41) is 2.07. The summed E-state index contributed by atoms with van der Waals surface area (Å²) >= 11 is 0. The van der Waals surface area contributed by atoms with Gasteiger partial charge in [0, 0.05) is 17.0 Å². The van der Waals surface area contributed by atoms with Crippen molar-refractivity contribution in [3.8, 4) is 0 Å². The predicted molar refractivity (Wildman–Crippen MR) is 80.1 cm³/mol. The second-order valence-corrected chi connectivity index (χ2v) is 5.77.